The Morgan fingerprint density at radius 2 is 2.38 bits per heavy atom. The lowest BCUT2D eigenvalue weighted by molar-refractivity contribution is 0.373. The van der Waals surface area contributed by atoms with Gasteiger partial charge in [-0.1, -0.05) is 18.2 Å². The van der Waals surface area contributed by atoms with Gasteiger partial charge in [0.15, 0.2) is 11.5 Å². The van der Waals surface area contributed by atoms with Crippen molar-refractivity contribution in [1.29, 1.82) is 0 Å². The normalized spacial score (nSPS) is 20.4. The second kappa shape index (κ2) is 5.03. The second-order valence-corrected chi connectivity index (χ2v) is 3.99. The molecule has 16 heavy (non-hydrogen) atoms. The van der Waals surface area contributed by atoms with Gasteiger partial charge in [0.25, 0.3) is 0 Å². The van der Waals surface area contributed by atoms with E-state index in [2.05, 4.69) is 17.5 Å². The fraction of sp³-hybridized carbons (Fsp3) is 0.385. The number of aromatic hydroxyl groups is 1. The minimum atomic E-state index is 0.179. The van der Waals surface area contributed by atoms with Gasteiger partial charge >= 0.3 is 0 Å². The number of phenols is 1. The smallest absolute Gasteiger partial charge is 0.161 e. The molecule has 0 amide bonds. The van der Waals surface area contributed by atoms with Gasteiger partial charge in [-0.2, -0.15) is 0 Å². The van der Waals surface area contributed by atoms with Crippen molar-refractivity contribution in [3.63, 3.8) is 0 Å². The van der Waals surface area contributed by atoms with Crippen molar-refractivity contribution in [3.05, 3.63) is 29.8 Å². The molecule has 0 spiro atoms. The zero-order valence-corrected chi connectivity index (χ0v) is 9.44. The van der Waals surface area contributed by atoms with Crippen LogP contribution >= 0.6 is 0 Å². The van der Waals surface area contributed by atoms with Crippen molar-refractivity contribution in [2.75, 3.05) is 13.7 Å². The summed E-state index contributed by atoms with van der Waals surface area (Å²) in [4.78, 5) is 0. The lowest BCUT2D eigenvalue weighted by Crippen LogP contribution is -2.17. The highest BCUT2D eigenvalue weighted by Crippen LogP contribution is 2.26. The summed E-state index contributed by atoms with van der Waals surface area (Å²) in [6.07, 6.45) is 6.67. The zero-order chi connectivity index (χ0) is 11.4. The molecule has 2 rings (SSSR count). The van der Waals surface area contributed by atoms with Crippen molar-refractivity contribution in [1.82, 2.24) is 5.32 Å². The second-order valence-electron chi connectivity index (χ2n) is 3.99. The molecule has 1 aliphatic heterocycles. The van der Waals surface area contributed by atoms with Crippen LogP contribution in [-0.4, -0.2) is 24.8 Å². The SMILES string of the molecule is COc1cc(/C=C/[C@H]2CCCN2)ccc1O. The van der Waals surface area contributed by atoms with E-state index in [1.54, 1.807) is 13.2 Å². The highest BCUT2D eigenvalue weighted by molar-refractivity contribution is 5.56. The Morgan fingerprint density at radius 1 is 1.50 bits per heavy atom. The highest BCUT2D eigenvalue weighted by atomic mass is 16.5. The summed E-state index contributed by atoms with van der Waals surface area (Å²) in [5, 5.41) is 12.9. The Hall–Kier alpha value is -1.48. The lowest BCUT2D eigenvalue weighted by atomic mass is 10.1. The van der Waals surface area contributed by atoms with Crippen LogP contribution in [0.4, 0.5) is 0 Å². The van der Waals surface area contributed by atoms with Crippen molar-refractivity contribution in [2.24, 2.45) is 0 Å². The Bertz CT molecular complexity index is 382. The number of ether oxygens (including phenoxy) is 1. The molecule has 0 radical (unpaired) electrons. The zero-order valence-electron chi connectivity index (χ0n) is 9.44. The molecule has 2 N–H and O–H groups in total. The molecule has 1 aromatic carbocycles. The van der Waals surface area contributed by atoms with Gasteiger partial charge in [0.1, 0.15) is 0 Å². The van der Waals surface area contributed by atoms with E-state index in [0.29, 0.717) is 11.8 Å². The molecular weight excluding hydrogens is 202 g/mol. The van der Waals surface area contributed by atoms with Crippen molar-refractivity contribution in [2.45, 2.75) is 18.9 Å². The molecule has 1 heterocycles. The van der Waals surface area contributed by atoms with Gasteiger partial charge in [0, 0.05) is 6.04 Å². The summed E-state index contributed by atoms with van der Waals surface area (Å²) in [6, 6.07) is 5.85. The van der Waals surface area contributed by atoms with Crippen molar-refractivity contribution >= 4 is 6.08 Å². The van der Waals surface area contributed by atoms with Crippen LogP contribution in [0, 0.1) is 0 Å². The van der Waals surface area contributed by atoms with Gasteiger partial charge in [-0.05, 0) is 37.1 Å². The molecule has 0 unspecified atom stereocenters. The third-order valence-corrected chi connectivity index (χ3v) is 2.82. The highest BCUT2D eigenvalue weighted by Gasteiger charge is 2.09. The average molecular weight is 219 g/mol. The van der Waals surface area contributed by atoms with Crippen molar-refractivity contribution in [3.8, 4) is 11.5 Å². The van der Waals surface area contributed by atoms with E-state index in [1.807, 2.05) is 12.1 Å². The third-order valence-electron chi connectivity index (χ3n) is 2.82. The van der Waals surface area contributed by atoms with E-state index < -0.39 is 0 Å². The molecule has 86 valence electrons. The molecule has 1 saturated heterocycles. The summed E-state index contributed by atoms with van der Waals surface area (Å²) in [5.41, 5.74) is 1.04. The fourth-order valence-electron chi connectivity index (χ4n) is 1.90. The summed E-state index contributed by atoms with van der Waals surface area (Å²) >= 11 is 0. The maximum absolute atomic E-state index is 9.45. The molecule has 1 fully saturated rings. The first-order valence-corrected chi connectivity index (χ1v) is 5.58. The van der Waals surface area contributed by atoms with Gasteiger partial charge in [-0.25, -0.2) is 0 Å². The quantitative estimate of drug-likeness (QED) is 0.818. The summed E-state index contributed by atoms with van der Waals surface area (Å²) in [6.45, 7) is 1.11. The topological polar surface area (TPSA) is 41.5 Å². The molecule has 0 aliphatic carbocycles. The maximum Gasteiger partial charge on any atom is 0.161 e. The van der Waals surface area contributed by atoms with Crippen LogP contribution in [0.1, 0.15) is 18.4 Å². The number of methoxy groups -OCH3 is 1. The van der Waals surface area contributed by atoms with Gasteiger partial charge in [0.05, 0.1) is 7.11 Å². The number of hydrogen-bond acceptors (Lipinski definition) is 3. The first-order chi connectivity index (χ1) is 7.79. The molecule has 3 heteroatoms. The molecule has 0 saturated carbocycles. The molecule has 1 aliphatic rings. The molecule has 0 bridgehead atoms. The number of phenolic OH excluding ortho intramolecular Hbond substituents is 1. The standard InChI is InChI=1S/C13H17NO2/c1-16-13-9-10(5-7-12(13)15)4-6-11-3-2-8-14-11/h4-7,9,11,14-15H,2-3,8H2,1H3/b6-4+/t11-/m1/s1. The molecule has 1 aromatic rings. The number of benzene rings is 1. The van der Waals surface area contributed by atoms with Gasteiger partial charge < -0.3 is 15.2 Å². The van der Waals surface area contributed by atoms with E-state index in [9.17, 15) is 5.11 Å². The molecule has 0 aromatic heterocycles. The van der Waals surface area contributed by atoms with E-state index in [-0.39, 0.29) is 5.75 Å². The molecule has 1 atom stereocenters. The number of hydrogen-bond donors (Lipinski definition) is 2. The van der Waals surface area contributed by atoms with E-state index in [0.717, 1.165) is 12.1 Å². The molecule has 3 nitrogen and oxygen atoms in total. The first kappa shape index (κ1) is 11.0. The first-order valence-electron chi connectivity index (χ1n) is 5.58. The van der Waals surface area contributed by atoms with Crippen LogP contribution in [0.25, 0.3) is 6.08 Å². The van der Waals surface area contributed by atoms with E-state index in [4.69, 9.17) is 4.74 Å². The number of rotatable bonds is 3. The predicted octanol–water partition coefficient (Wildman–Crippen LogP) is 2.17. The van der Waals surface area contributed by atoms with E-state index in [1.165, 1.54) is 12.8 Å². The van der Waals surface area contributed by atoms with Crippen LogP contribution in [0.5, 0.6) is 11.5 Å². The predicted molar refractivity (Wildman–Crippen MR) is 64.7 cm³/mol. The lowest BCUT2D eigenvalue weighted by Gasteiger charge is -2.05. The van der Waals surface area contributed by atoms with Crippen LogP contribution < -0.4 is 10.1 Å². The Labute approximate surface area is 95.7 Å². The molecular formula is C13H17NO2. The minimum Gasteiger partial charge on any atom is -0.504 e. The Morgan fingerprint density at radius 3 is 3.06 bits per heavy atom. The average Bonchev–Trinajstić information content (AvgIpc) is 2.81. The van der Waals surface area contributed by atoms with Crippen LogP contribution in [0.15, 0.2) is 24.3 Å². The summed E-state index contributed by atoms with van der Waals surface area (Å²) in [5.74, 6) is 0.695. The monoisotopic (exact) mass is 219 g/mol. The van der Waals surface area contributed by atoms with Gasteiger partial charge in [0.2, 0.25) is 0 Å². The minimum absolute atomic E-state index is 0.179. The fourth-order valence-corrected chi connectivity index (χ4v) is 1.90. The largest absolute Gasteiger partial charge is 0.504 e. The van der Waals surface area contributed by atoms with Crippen LogP contribution in [-0.2, 0) is 0 Å². The summed E-state index contributed by atoms with van der Waals surface area (Å²) < 4.78 is 5.06. The van der Waals surface area contributed by atoms with Gasteiger partial charge in [-0.15, -0.1) is 0 Å². The Balaban J connectivity index is 2.08. The maximum atomic E-state index is 9.45. The third kappa shape index (κ3) is 2.55. The van der Waals surface area contributed by atoms with Crippen LogP contribution in [0.2, 0.25) is 0 Å². The van der Waals surface area contributed by atoms with E-state index >= 15 is 0 Å². The number of nitrogens with one attached hydrogen (secondary N) is 1. The van der Waals surface area contributed by atoms with Gasteiger partial charge in [-0.3, -0.25) is 0 Å². The van der Waals surface area contributed by atoms with Crippen LogP contribution in [0.3, 0.4) is 0 Å². The van der Waals surface area contributed by atoms with Crippen molar-refractivity contribution < 1.29 is 9.84 Å². The Kier molecular flexibility index (Phi) is 3.47. The summed E-state index contributed by atoms with van der Waals surface area (Å²) in [7, 11) is 1.56.